The lowest BCUT2D eigenvalue weighted by molar-refractivity contribution is 0.122. The van der Waals surface area contributed by atoms with Gasteiger partial charge in [-0.1, -0.05) is 0 Å². The molecule has 152 valence electrons. The first-order valence-corrected chi connectivity index (χ1v) is 9.99. The molecule has 2 saturated heterocycles. The van der Waals surface area contributed by atoms with Gasteiger partial charge in [0.1, 0.15) is 23.8 Å². The Kier molecular flexibility index (Phi) is 4.62. The molecule has 0 N–H and O–H groups in total. The molecule has 0 aliphatic carbocycles. The molecule has 2 fully saturated rings. The number of ether oxygens (including phenoxy) is 1. The number of morpholine rings is 1. The average Bonchev–Trinajstić information content (AvgIpc) is 3.15. The summed E-state index contributed by atoms with van der Waals surface area (Å²) in [5.74, 6) is 3.69. The van der Waals surface area contributed by atoms with Crippen LogP contribution in [0.5, 0.6) is 0 Å². The monoisotopic (exact) mass is 395 g/mol. The number of fused-ring (bicyclic) bond motifs is 1. The van der Waals surface area contributed by atoms with Gasteiger partial charge in [0.05, 0.1) is 19.5 Å². The van der Waals surface area contributed by atoms with Crippen LogP contribution in [0.2, 0.25) is 0 Å². The predicted octanol–water partition coefficient (Wildman–Crippen LogP) is 0.625. The Morgan fingerprint density at radius 1 is 0.828 bits per heavy atom. The third-order valence-electron chi connectivity index (χ3n) is 5.53. The SMILES string of the molecule is Cc1nc(N2CCOCC2)cc(N2CCN(c3ncnc4c3ncn4C)CC2)n1. The number of nitrogens with zero attached hydrogens (tertiary/aromatic N) is 9. The van der Waals surface area contributed by atoms with Crippen LogP contribution >= 0.6 is 0 Å². The molecule has 2 aliphatic heterocycles. The van der Waals surface area contributed by atoms with Gasteiger partial charge in [0.2, 0.25) is 0 Å². The quantitative estimate of drug-likeness (QED) is 0.633. The number of hydrogen-bond acceptors (Lipinski definition) is 9. The van der Waals surface area contributed by atoms with Crippen molar-refractivity contribution in [3.63, 3.8) is 0 Å². The predicted molar refractivity (Wildman–Crippen MR) is 111 cm³/mol. The number of imidazole rings is 1. The molecule has 29 heavy (non-hydrogen) atoms. The van der Waals surface area contributed by atoms with E-state index in [4.69, 9.17) is 9.72 Å². The first kappa shape index (κ1) is 18.0. The molecule has 5 heterocycles. The number of rotatable bonds is 3. The Bertz CT molecular complexity index is 1010. The maximum atomic E-state index is 5.47. The number of piperazine rings is 1. The lowest BCUT2D eigenvalue weighted by Gasteiger charge is -2.36. The summed E-state index contributed by atoms with van der Waals surface area (Å²) in [6.07, 6.45) is 3.41. The smallest absolute Gasteiger partial charge is 0.165 e. The first-order chi connectivity index (χ1) is 14.2. The van der Waals surface area contributed by atoms with Crippen molar-refractivity contribution in [2.24, 2.45) is 7.05 Å². The molecule has 0 amide bonds. The van der Waals surface area contributed by atoms with Crippen LogP contribution in [0.4, 0.5) is 17.5 Å². The molecular weight excluding hydrogens is 370 g/mol. The Morgan fingerprint density at radius 2 is 1.48 bits per heavy atom. The summed E-state index contributed by atoms with van der Waals surface area (Å²) in [6.45, 7) is 8.67. The van der Waals surface area contributed by atoms with Crippen molar-refractivity contribution in [2.45, 2.75) is 6.92 Å². The lowest BCUT2D eigenvalue weighted by Crippen LogP contribution is -2.47. The van der Waals surface area contributed by atoms with Crippen LogP contribution < -0.4 is 14.7 Å². The van der Waals surface area contributed by atoms with Crippen molar-refractivity contribution in [3.8, 4) is 0 Å². The van der Waals surface area contributed by atoms with E-state index in [0.29, 0.717) is 0 Å². The van der Waals surface area contributed by atoms with Gasteiger partial charge < -0.3 is 24.0 Å². The van der Waals surface area contributed by atoms with E-state index in [0.717, 1.165) is 86.9 Å². The van der Waals surface area contributed by atoms with E-state index in [1.807, 2.05) is 18.5 Å². The molecule has 0 aromatic carbocycles. The third kappa shape index (κ3) is 3.44. The Balaban J connectivity index is 1.33. The van der Waals surface area contributed by atoms with Crippen molar-refractivity contribution >= 4 is 28.6 Å². The molecule has 5 rings (SSSR count). The van der Waals surface area contributed by atoms with Crippen molar-refractivity contribution in [1.82, 2.24) is 29.5 Å². The highest BCUT2D eigenvalue weighted by Crippen LogP contribution is 2.25. The van der Waals surface area contributed by atoms with Crippen molar-refractivity contribution in [3.05, 3.63) is 24.5 Å². The molecule has 0 bridgehead atoms. The molecule has 0 unspecified atom stereocenters. The number of aromatic nitrogens is 6. The second-order valence-corrected chi connectivity index (χ2v) is 7.43. The topological polar surface area (TPSA) is 88.3 Å². The van der Waals surface area contributed by atoms with Crippen LogP contribution in [-0.4, -0.2) is 82.0 Å². The van der Waals surface area contributed by atoms with E-state index in [-0.39, 0.29) is 0 Å². The fourth-order valence-electron chi connectivity index (χ4n) is 3.96. The summed E-state index contributed by atoms with van der Waals surface area (Å²) in [7, 11) is 1.95. The minimum absolute atomic E-state index is 0.748. The van der Waals surface area contributed by atoms with Crippen molar-refractivity contribution < 1.29 is 4.74 Å². The highest BCUT2D eigenvalue weighted by Gasteiger charge is 2.23. The van der Waals surface area contributed by atoms with Gasteiger partial charge in [0, 0.05) is 52.4 Å². The third-order valence-corrected chi connectivity index (χ3v) is 5.53. The van der Waals surface area contributed by atoms with E-state index in [9.17, 15) is 0 Å². The van der Waals surface area contributed by atoms with Gasteiger partial charge in [-0.2, -0.15) is 0 Å². The van der Waals surface area contributed by atoms with Crippen molar-refractivity contribution in [1.29, 1.82) is 0 Å². The molecule has 0 atom stereocenters. The zero-order valence-corrected chi connectivity index (χ0v) is 16.8. The lowest BCUT2D eigenvalue weighted by atomic mass is 10.3. The van der Waals surface area contributed by atoms with Crippen molar-refractivity contribution in [2.75, 3.05) is 67.2 Å². The van der Waals surface area contributed by atoms with Crippen LogP contribution in [0.15, 0.2) is 18.7 Å². The molecule has 0 spiro atoms. The van der Waals surface area contributed by atoms with Gasteiger partial charge in [-0.05, 0) is 6.92 Å². The summed E-state index contributed by atoms with van der Waals surface area (Å²) in [6, 6.07) is 2.11. The van der Waals surface area contributed by atoms with Crippen LogP contribution in [0.25, 0.3) is 11.2 Å². The first-order valence-electron chi connectivity index (χ1n) is 9.99. The Labute approximate surface area is 169 Å². The minimum atomic E-state index is 0.748. The van der Waals surface area contributed by atoms with Gasteiger partial charge in [0.25, 0.3) is 0 Å². The molecule has 0 radical (unpaired) electrons. The molecule has 2 aliphatic rings. The Hall–Kier alpha value is -3.01. The van der Waals surface area contributed by atoms with Crippen LogP contribution in [0.1, 0.15) is 5.82 Å². The van der Waals surface area contributed by atoms with E-state index in [2.05, 4.69) is 40.7 Å². The number of hydrogen-bond donors (Lipinski definition) is 0. The largest absolute Gasteiger partial charge is 0.378 e. The molecule has 0 saturated carbocycles. The maximum Gasteiger partial charge on any atom is 0.165 e. The van der Waals surface area contributed by atoms with Gasteiger partial charge in [-0.3, -0.25) is 0 Å². The fourth-order valence-corrected chi connectivity index (χ4v) is 3.96. The maximum absolute atomic E-state index is 5.47. The van der Waals surface area contributed by atoms with E-state index in [1.54, 1.807) is 12.7 Å². The molecule has 10 nitrogen and oxygen atoms in total. The number of aryl methyl sites for hydroxylation is 2. The normalized spacial score (nSPS) is 17.9. The molecule has 3 aromatic rings. The zero-order valence-electron chi connectivity index (χ0n) is 16.8. The van der Waals surface area contributed by atoms with Gasteiger partial charge in [0.15, 0.2) is 17.0 Å². The van der Waals surface area contributed by atoms with E-state index in [1.165, 1.54) is 0 Å². The molecule has 10 heteroatoms. The zero-order chi connectivity index (χ0) is 19.8. The van der Waals surface area contributed by atoms with Crippen LogP contribution in [-0.2, 0) is 11.8 Å². The molecule has 3 aromatic heterocycles. The Morgan fingerprint density at radius 3 is 2.21 bits per heavy atom. The van der Waals surface area contributed by atoms with E-state index >= 15 is 0 Å². The fraction of sp³-hybridized carbons (Fsp3) is 0.526. The summed E-state index contributed by atoms with van der Waals surface area (Å²) >= 11 is 0. The van der Waals surface area contributed by atoms with Gasteiger partial charge in [-0.15, -0.1) is 0 Å². The standard InChI is InChI=1S/C19H25N9O/c1-14-23-15(11-16(24-14)27-7-9-29-10-8-27)26-3-5-28(6-4-26)19-17-18(20-12-21-19)25(2)13-22-17/h11-13H,3-10H2,1-2H3. The number of anilines is 3. The summed E-state index contributed by atoms with van der Waals surface area (Å²) in [5.41, 5.74) is 1.72. The molecular formula is C19H25N9O. The minimum Gasteiger partial charge on any atom is -0.378 e. The van der Waals surface area contributed by atoms with Crippen LogP contribution in [0.3, 0.4) is 0 Å². The average molecular weight is 395 g/mol. The summed E-state index contributed by atoms with van der Waals surface area (Å²) < 4.78 is 7.39. The van der Waals surface area contributed by atoms with Gasteiger partial charge in [-0.25, -0.2) is 24.9 Å². The second-order valence-electron chi connectivity index (χ2n) is 7.43. The second kappa shape index (κ2) is 7.43. The van der Waals surface area contributed by atoms with E-state index < -0.39 is 0 Å². The highest BCUT2D eigenvalue weighted by atomic mass is 16.5. The summed E-state index contributed by atoms with van der Waals surface area (Å²) in [5, 5.41) is 0. The highest BCUT2D eigenvalue weighted by molar-refractivity contribution is 5.83. The summed E-state index contributed by atoms with van der Waals surface area (Å²) in [4.78, 5) is 29.6. The van der Waals surface area contributed by atoms with Gasteiger partial charge >= 0.3 is 0 Å². The van der Waals surface area contributed by atoms with Crippen LogP contribution in [0, 0.1) is 6.92 Å².